The van der Waals surface area contributed by atoms with E-state index < -0.39 is 11.7 Å². The van der Waals surface area contributed by atoms with E-state index in [0.717, 1.165) is 81.0 Å². The number of allylic oxidation sites excluding steroid dienone is 2. The molecule has 8 heteroatoms. The molecule has 0 saturated heterocycles. The number of aliphatic hydroxyl groups is 1. The van der Waals surface area contributed by atoms with Crippen molar-refractivity contribution in [3.8, 4) is 11.3 Å². The number of halogens is 3. The van der Waals surface area contributed by atoms with Crippen LogP contribution in [0.2, 0.25) is 0 Å². The molecule has 0 aliphatic carbocycles. The van der Waals surface area contributed by atoms with Crippen molar-refractivity contribution in [2.24, 2.45) is 10.8 Å². The first-order valence-electron chi connectivity index (χ1n) is 16.9. The fraction of sp³-hybridized carbons (Fsp3) is 0.333. The summed E-state index contributed by atoms with van der Waals surface area (Å²) >= 11 is 0. The minimum Gasteiger partial charge on any atom is -0.511 e. The zero-order chi connectivity index (χ0) is 35.7. The Morgan fingerprint density at radius 1 is 0.820 bits per heavy atom. The Bertz CT molecular complexity index is 2190. The van der Waals surface area contributed by atoms with Gasteiger partial charge in [0.1, 0.15) is 11.3 Å². The average Bonchev–Trinajstić information content (AvgIpc) is 3.49. The Morgan fingerprint density at radius 3 is 2.10 bits per heavy atom. The first-order valence-corrected chi connectivity index (χ1v) is 16.9. The van der Waals surface area contributed by atoms with Gasteiger partial charge < -0.3 is 14.5 Å². The molecule has 50 heavy (non-hydrogen) atoms. The summed E-state index contributed by atoms with van der Waals surface area (Å²) in [5.74, 6) is 0.598. The van der Waals surface area contributed by atoms with Gasteiger partial charge in [0.25, 0.3) is 0 Å². The second kappa shape index (κ2) is 15.1. The number of rotatable bonds is 8. The van der Waals surface area contributed by atoms with Crippen LogP contribution in [0.5, 0.6) is 0 Å². The van der Waals surface area contributed by atoms with Crippen molar-refractivity contribution in [1.29, 1.82) is 0 Å². The molecule has 6 aromatic rings. The van der Waals surface area contributed by atoms with Gasteiger partial charge in [-0.2, -0.15) is 13.2 Å². The number of alkyl halides is 3. The maximum atomic E-state index is 13.3. The van der Waals surface area contributed by atoms with Crippen LogP contribution < -0.4 is 0 Å². The van der Waals surface area contributed by atoms with Crippen LogP contribution in [0.1, 0.15) is 78.4 Å². The van der Waals surface area contributed by atoms with Crippen molar-refractivity contribution in [1.82, 2.24) is 4.98 Å². The summed E-state index contributed by atoms with van der Waals surface area (Å²) in [5.41, 5.74) is 2.77. The van der Waals surface area contributed by atoms with Crippen molar-refractivity contribution in [3.63, 3.8) is 0 Å². The Morgan fingerprint density at radius 2 is 1.46 bits per heavy atom. The molecule has 265 valence electrons. The Balaban J connectivity index is 0.000000269. The number of hydrogen-bond donors (Lipinski definition) is 1. The number of ketones is 1. The molecule has 0 fully saturated rings. The summed E-state index contributed by atoms with van der Waals surface area (Å²) in [6.07, 6.45) is 2.28. The number of fused-ring (bicyclic) bond motifs is 6. The fourth-order valence-electron chi connectivity index (χ4n) is 6.13. The zero-order valence-corrected chi connectivity index (χ0v) is 31.9. The second-order valence-corrected chi connectivity index (χ2v) is 13.4. The summed E-state index contributed by atoms with van der Waals surface area (Å²) in [6, 6.07) is 22.5. The molecule has 2 heterocycles. The first-order chi connectivity index (χ1) is 23.2. The molecule has 0 aliphatic rings. The Labute approximate surface area is 305 Å². The molecule has 0 spiro atoms. The summed E-state index contributed by atoms with van der Waals surface area (Å²) in [7, 11) is 0. The third-order valence-corrected chi connectivity index (χ3v) is 10.6. The number of aryl methyl sites for hydroxylation is 1. The number of hydrogen-bond acceptors (Lipinski definition) is 3. The summed E-state index contributed by atoms with van der Waals surface area (Å²) in [6.45, 7) is 14.2. The van der Waals surface area contributed by atoms with Gasteiger partial charge in [0, 0.05) is 37.1 Å². The smallest absolute Gasteiger partial charge is 0.416 e. The van der Waals surface area contributed by atoms with Gasteiger partial charge in [0.05, 0.1) is 22.6 Å². The molecule has 4 aromatic carbocycles. The minimum absolute atomic E-state index is 0. The van der Waals surface area contributed by atoms with Crippen molar-refractivity contribution in [3.05, 3.63) is 102 Å². The molecular weight excluding hydrogens is 816 g/mol. The zero-order valence-electron chi connectivity index (χ0n) is 29.6. The van der Waals surface area contributed by atoms with E-state index >= 15 is 0 Å². The molecule has 0 unspecified atom stereocenters. The van der Waals surface area contributed by atoms with Crippen LogP contribution in [-0.4, -0.2) is 20.7 Å². The SMILES string of the molecule is CCC(C)(CC)C(=[OH+])/C=C(\O)C(C)(CC)CC.Cc1[c-]c(-c2nccc3c2ccc2ccc(C(F)(F)F)cc23)cc2c1oc1ccccc12.[Ir]. The number of aliphatic hydroxyl groups excluding tert-OH is 1. The second-order valence-electron chi connectivity index (χ2n) is 13.4. The summed E-state index contributed by atoms with van der Waals surface area (Å²) in [5, 5.41) is 14.9. The van der Waals surface area contributed by atoms with E-state index in [1.807, 2.05) is 63.2 Å². The van der Waals surface area contributed by atoms with Crippen molar-refractivity contribution in [2.75, 3.05) is 0 Å². The van der Waals surface area contributed by atoms with Crippen LogP contribution in [0, 0.1) is 23.8 Å². The third kappa shape index (κ3) is 7.38. The average molecular weight is 860 g/mol. The minimum atomic E-state index is -4.40. The Kier molecular flexibility index (Phi) is 11.7. The van der Waals surface area contributed by atoms with E-state index in [2.05, 4.69) is 38.7 Å². The number of furan rings is 1. The Hall–Kier alpha value is -4.00. The molecule has 0 saturated carbocycles. The van der Waals surface area contributed by atoms with Crippen molar-refractivity contribution < 1.29 is 47.6 Å². The third-order valence-electron chi connectivity index (χ3n) is 10.6. The molecule has 0 amide bonds. The van der Waals surface area contributed by atoms with Crippen LogP contribution in [0.25, 0.3) is 54.7 Å². The maximum Gasteiger partial charge on any atom is 0.416 e. The number of carbonyl (C=O) groups excluding carboxylic acids is 1. The van der Waals surface area contributed by atoms with E-state index in [1.165, 1.54) is 12.1 Å². The standard InChI is InChI=1S/C27H15F3NO.C15H28O2.Ir/c1-15-12-17(13-23-20-4-2-3-5-24(20)32-26(15)23)25-21-9-7-16-6-8-18(27(28,29)30)14-22(16)19(21)10-11-31-25;1-7-14(5,8-2)12(16)11-13(17)15(6,9-3)10-4;/h2-11,13-14H,1H3;11,16H,7-10H2,1-6H3;/q-1;;/p+1/b;12-11-;. The van der Waals surface area contributed by atoms with E-state index in [9.17, 15) is 23.1 Å². The van der Waals surface area contributed by atoms with Crippen LogP contribution in [0.4, 0.5) is 13.2 Å². The molecule has 2 aromatic heterocycles. The molecular formula is C42H44F3IrNO3. The number of aromatic nitrogens is 1. The molecule has 6 rings (SSSR count). The van der Waals surface area contributed by atoms with Crippen LogP contribution in [0.3, 0.4) is 0 Å². The van der Waals surface area contributed by atoms with Crippen LogP contribution >= 0.6 is 0 Å². The quantitative estimate of drug-likeness (QED) is 0.0545. The number of para-hydroxylation sites is 1. The van der Waals surface area contributed by atoms with Gasteiger partial charge in [-0.25, -0.2) is 0 Å². The van der Waals surface area contributed by atoms with E-state index in [-0.39, 0.29) is 30.9 Å². The van der Waals surface area contributed by atoms with Gasteiger partial charge >= 0.3 is 12.0 Å². The van der Waals surface area contributed by atoms with Crippen molar-refractivity contribution in [2.45, 2.75) is 80.3 Å². The van der Waals surface area contributed by atoms with Gasteiger partial charge in [-0.1, -0.05) is 88.9 Å². The van der Waals surface area contributed by atoms with Gasteiger partial charge in [-0.3, -0.25) is 4.79 Å². The number of benzene rings is 4. The van der Waals surface area contributed by atoms with Gasteiger partial charge in [-0.15, -0.1) is 17.7 Å². The van der Waals surface area contributed by atoms with Crippen LogP contribution in [-0.2, 0) is 26.3 Å². The predicted octanol–water partition coefficient (Wildman–Crippen LogP) is 12.7. The molecule has 2 N–H and O–H groups in total. The molecule has 0 atom stereocenters. The normalized spacial score (nSPS) is 12.6. The monoisotopic (exact) mass is 860 g/mol. The molecule has 4 nitrogen and oxygen atoms in total. The van der Waals surface area contributed by atoms with Gasteiger partial charge in [-0.05, 0) is 84.1 Å². The molecule has 1 radical (unpaired) electrons. The molecule has 0 aliphatic heterocycles. The van der Waals surface area contributed by atoms with Crippen LogP contribution in [0.15, 0.2) is 89.2 Å². The van der Waals surface area contributed by atoms with E-state index in [0.29, 0.717) is 22.6 Å². The van der Waals surface area contributed by atoms with E-state index in [1.54, 1.807) is 18.3 Å². The van der Waals surface area contributed by atoms with E-state index in [4.69, 9.17) is 4.42 Å². The first kappa shape index (κ1) is 38.8. The maximum absolute atomic E-state index is 13.3. The topological polar surface area (TPSA) is 67.7 Å². The van der Waals surface area contributed by atoms with Gasteiger partial charge in [0.15, 0.2) is 0 Å². The summed E-state index contributed by atoms with van der Waals surface area (Å²) < 4.78 is 46.0. The number of nitrogens with zero attached hydrogens (tertiary/aromatic N) is 1. The largest absolute Gasteiger partial charge is 0.511 e. The number of pyridine rings is 1. The predicted molar refractivity (Wildman–Crippen MR) is 196 cm³/mol. The van der Waals surface area contributed by atoms with Gasteiger partial charge in [0.2, 0.25) is 0 Å². The molecule has 0 bridgehead atoms. The fourth-order valence-corrected chi connectivity index (χ4v) is 6.13. The summed E-state index contributed by atoms with van der Waals surface area (Å²) in [4.78, 5) is 14.8. The van der Waals surface area contributed by atoms with Crippen molar-refractivity contribution >= 4 is 49.3 Å².